The topological polar surface area (TPSA) is 17.1 Å². The highest BCUT2D eigenvalue weighted by molar-refractivity contribution is 5.96. The lowest BCUT2D eigenvalue weighted by atomic mass is 9.41. The molecule has 1 heteroatoms. The molecular formula is C18H30O. The van der Waals surface area contributed by atoms with E-state index in [-0.39, 0.29) is 10.8 Å². The summed E-state index contributed by atoms with van der Waals surface area (Å²) in [5.41, 5.74) is 0.0965. The molecule has 3 aliphatic carbocycles. The van der Waals surface area contributed by atoms with Gasteiger partial charge in [-0.05, 0) is 43.9 Å². The van der Waals surface area contributed by atoms with Gasteiger partial charge in [0.05, 0.1) is 0 Å². The smallest absolute Gasteiger partial charge is 0.145 e. The van der Waals surface area contributed by atoms with E-state index in [0.29, 0.717) is 5.78 Å². The van der Waals surface area contributed by atoms with Crippen molar-refractivity contribution in [3.8, 4) is 0 Å². The maximum atomic E-state index is 13.0. The van der Waals surface area contributed by atoms with Crippen LogP contribution in [0.3, 0.4) is 0 Å². The standard InChI is InChI=1S/C18H30O/c1-17(2)13-18(16(17)19,14-9-5-3-6-10-14)15-11-7-4-8-12-15/h14-15H,3-13H2,1-2H3. The van der Waals surface area contributed by atoms with E-state index in [4.69, 9.17) is 0 Å². The SMILES string of the molecule is CC1(C)CC(C2CCCCC2)(C2CCCCC2)C1=O. The fraction of sp³-hybridized carbons (Fsp3) is 0.944. The first-order valence-corrected chi connectivity index (χ1v) is 8.62. The molecule has 0 heterocycles. The number of hydrogen-bond donors (Lipinski definition) is 0. The molecule has 3 rings (SSSR count). The number of carbonyl (C=O) groups excluding carboxylic acids is 1. The van der Waals surface area contributed by atoms with Crippen LogP contribution in [0.5, 0.6) is 0 Å². The third kappa shape index (κ3) is 2.08. The summed E-state index contributed by atoms with van der Waals surface area (Å²) in [6.07, 6.45) is 14.8. The minimum absolute atomic E-state index is 0.0190. The predicted molar refractivity (Wildman–Crippen MR) is 79.0 cm³/mol. The summed E-state index contributed by atoms with van der Waals surface area (Å²) < 4.78 is 0. The molecule has 0 saturated heterocycles. The van der Waals surface area contributed by atoms with E-state index in [0.717, 1.165) is 11.8 Å². The van der Waals surface area contributed by atoms with Gasteiger partial charge < -0.3 is 0 Å². The number of hydrogen-bond acceptors (Lipinski definition) is 1. The third-order valence-electron chi connectivity index (χ3n) is 6.44. The van der Waals surface area contributed by atoms with Crippen LogP contribution >= 0.6 is 0 Å². The van der Waals surface area contributed by atoms with Crippen LogP contribution in [-0.2, 0) is 4.79 Å². The average molecular weight is 262 g/mol. The van der Waals surface area contributed by atoms with E-state index in [9.17, 15) is 4.79 Å². The normalized spacial score (nSPS) is 32.0. The van der Waals surface area contributed by atoms with Crippen LogP contribution in [0.15, 0.2) is 0 Å². The van der Waals surface area contributed by atoms with Crippen molar-refractivity contribution in [2.45, 2.75) is 84.5 Å². The predicted octanol–water partition coefficient (Wildman–Crippen LogP) is 5.13. The molecule has 3 saturated carbocycles. The van der Waals surface area contributed by atoms with E-state index < -0.39 is 0 Å². The lowest BCUT2D eigenvalue weighted by molar-refractivity contribution is -0.174. The van der Waals surface area contributed by atoms with Crippen LogP contribution < -0.4 is 0 Å². The van der Waals surface area contributed by atoms with Gasteiger partial charge in [0.1, 0.15) is 5.78 Å². The molecule has 0 aliphatic heterocycles. The molecule has 0 bridgehead atoms. The van der Waals surface area contributed by atoms with Crippen LogP contribution in [0, 0.1) is 22.7 Å². The lowest BCUT2D eigenvalue weighted by Crippen LogP contribution is -2.62. The summed E-state index contributed by atoms with van der Waals surface area (Å²) in [6, 6.07) is 0. The molecule has 0 radical (unpaired) electrons. The van der Waals surface area contributed by atoms with Crippen LogP contribution in [0.4, 0.5) is 0 Å². The van der Waals surface area contributed by atoms with Gasteiger partial charge in [-0.2, -0.15) is 0 Å². The van der Waals surface area contributed by atoms with Crippen molar-refractivity contribution in [2.75, 3.05) is 0 Å². The Morgan fingerprint density at radius 3 is 1.53 bits per heavy atom. The maximum Gasteiger partial charge on any atom is 0.145 e. The highest BCUT2D eigenvalue weighted by Crippen LogP contribution is 2.63. The van der Waals surface area contributed by atoms with Gasteiger partial charge in [-0.25, -0.2) is 0 Å². The summed E-state index contributed by atoms with van der Waals surface area (Å²) in [4.78, 5) is 13.0. The fourth-order valence-corrected chi connectivity index (χ4v) is 5.64. The van der Waals surface area contributed by atoms with Crippen LogP contribution in [0.1, 0.15) is 84.5 Å². The van der Waals surface area contributed by atoms with E-state index in [1.807, 2.05) is 0 Å². The Morgan fingerprint density at radius 2 is 1.21 bits per heavy atom. The van der Waals surface area contributed by atoms with Gasteiger partial charge in [0, 0.05) is 10.8 Å². The average Bonchev–Trinajstić information content (AvgIpc) is 2.46. The quantitative estimate of drug-likeness (QED) is 0.674. The molecular weight excluding hydrogens is 232 g/mol. The molecule has 0 atom stereocenters. The molecule has 0 aromatic carbocycles. The lowest BCUT2D eigenvalue weighted by Gasteiger charge is -2.60. The van der Waals surface area contributed by atoms with Crippen LogP contribution in [0.2, 0.25) is 0 Å². The van der Waals surface area contributed by atoms with E-state index in [1.54, 1.807) is 0 Å². The molecule has 0 unspecified atom stereocenters. The molecule has 0 spiro atoms. The highest BCUT2D eigenvalue weighted by atomic mass is 16.1. The number of rotatable bonds is 2. The van der Waals surface area contributed by atoms with Gasteiger partial charge in [0.15, 0.2) is 0 Å². The van der Waals surface area contributed by atoms with Crippen molar-refractivity contribution in [2.24, 2.45) is 22.7 Å². The summed E-state index contributed by atoms with van der Waals surface area (Å²) in [5.74, 6) is 2.09. The Morgan fingerprint density at radius 1 is 0.789 bits per heavy atom. The van der Waals surface area contributed by atoms with Crippen LogP contribution in [0.25, 0.3) is 0 Å². The summed E-state index contributed by atoms with van der Waals surface area (Å²) >= 11 is 0. The number of Topliss-reactive ketones (excluding diaryl/α,β-unsaturated/α-hetero) is 1. The second kappa shape index (κ2) is 4.90. The zero-order valence-corrected chi connectivity index (χ0v) is 12.8. The van der Waals surface area contributed by atoms with Gasteiger partial charge in [-0.3, -0.25) is 4.79 Å². The zero-order valence-electron chi connectivity index (χ0n) is 12.8. The Balaban J connectivity index is 1.85. The number of carbonyl (C=O) groups is 1. The van der Waals surface area contributed by atoms with Crippen molar-refractivity contribution in [3.05, 3.63) is 0 Å². The second-order valence-electron chi connectivity index (χ2n) is 8.10. The number of ketones is 1. The minimum atomic E-state index is -0.0190. The molecule has 0 amide bonds. The maximum absolute atomic E-state index is 13.0. The molecule has 0 aromatic heterocycles. The van der Waals surface area contributed by atoms with E-state index in [2.05, 4.69) is 13.8 Å². The molecule has 0 N–H and O–H groups in total. The molecule has 3 fully saturated rings. The second-order valence-corrected chi connectivity index (χ2v) is 8.10. The fourth-order valence-electron chi connectivity index (χ4n) is 5.64. The van der Waals surface area contributed by atoms with E-state index in [1.165, 1.54) is 70.6 Å². The van der Waals surface area contributed by atoms with Gasteiger partial charge in [-0.15, -0.1) is 0 Å². The molecule has 0 aromatic rings. The highest BCUT2D eigenvalue weighted by Gasteiger charge is 2.64. The monoisotopic (exact) mass is 262 g/mol. The first-order valence-electron chi connectivity index (χ1n) is 8.62. The Kier molecular flexibility index (Phi) is 3.52. The first-order chi connectivity index (χ1) is 9.07. The summed E-state index contributed by atoms with van der Waals surface area (Å²) in [7, 11) is 0. The van der Waals surface area contributed by atoms with Gasteiger partial charge in [0.2, 0.25) is 0 Å². The van der Waals surface area contributed by atoms with Crippen molar-refractivity contribution < 1.29 is 4.79 Å². The van der Waals surface area contributed by atoms with Crippen molar-refractivity contribution >= 4 is 5.78 Å². The Bertz CT molecular complexity index is 325. The molecule has 108 valence electrons. The van der Waals surface area contributed by atoms with Gasteiger partial charge in [0.25, 0.3) is 0 Å². The van der Waals surface area contributed by atoms with Crippen LogP contribution in [-0.4, -0.2) is 5.78 Å². The van der Waals surface area contributed by atoms with Crippen molar-refractivity contribution in [1.29, 1.82) is 0 Å². The van der Waals surface area contributed by atoms with Gasteiger partial charge >= 0.3 is 0 Å². The third-order valence-corrected chi connectivity index (χ3v) is 6.44. The summed E-state index contributed by atoms with van der Waals surface area (Å²) in [6.45, 7) is 4.36. The minimum Gasteiger partial charge on any atom is -0.298 e. The Labute approximate surface area is 118 Å². The molecule has 1 nitrogen and oxygen atoms in total. The van der Waals surface area contributed by atoms with Crippen molar-refractivity contribution in [1.82, 2.24) is 0 Å². The zero-order chi connectivity index (χ0) is 13.5. The van der Waals surface area contributed by atoms with Gasteiger partial charge in [-0.1, -0.05) is 52.4 Å². The van der Waals surface area contributed by atoms with E-state index >= 15 is 0 Å². The molecule has 19 heavy (non-hydrogen) atoms. The van der Waals surface area contributed by atoms with Crippen molar-refractivity contribution in [3.63, 3.8) is 0 Å². The summed E-state index contributed by atoms with van der Waals surface area (Å²) in [5, 5.41) is 0. The largest absolute Gasteiger partial charge is 0.298 e. The Hall–Kier alpha value is -0.330. The first kappa shape index (κ1) is 13.6. The molecule has 3 aliphatic rings.